The van der Waals surface area contributed by atoms with Crippen molar-refractivity contribution in [2.24, 2.45) is 0 Å². The van der Waals surface area contributed by atoms with Crippen LogP contribution in [0.5, 0.6) is 0 Å². The van der Waals surface area contributed by atoms with E-state index in [4.69, 9.17) is 23.2 Å². The van der Waals surface area contributed by atoms with Crippen molar-refractivity contribution in [3.63, 3.8) is 0 Å². The van der Waals surface area contributed by atoms with Gasteiger partial charge in [-0.25, -0.2) is 4.39 Å². The summed E-state index contributed by atoms with van der Waals surface area (Å²) in [5.41, 5.74) is 0.528. The van der Waals surface area contributed by atoms with Gasteiger partial charge in [0.25, 0.3) is 0 Å². The van der Waals surface area contributed by atoms with Crippen LogP contribution in [0.2, 0.25) is 10.0 Å². The first kappa shape index (κ1) is 12.1. The number of benzene rings is 1. The SMILES string of the molecule is Fc1cc(Cl)ccc1Cn1cc(Cl)c(I)n1. The topological polar surface area (TPSA) is 17.8 Å². The molecule has 0 bridgehead atoms. The average molecular weight is 371 g/mol. The van der Waals surface area contributed by atoms with E-state index in [-0.39, 0.29) is 5.82 Å². The van der Waals surface area contributed by atoms with Gasteiger partial charge in [-0.2, -0.15) is 5.10 Å². The van der Waals surface area contributed by atoms with Crippen LogP contribution in [0.1, 0.15) is 5.56 Å². The Morgan fingerprint density at radius 3 is 2.69 bits per heavy atom. The molecule has 0 aliphatic rings. The highest BCUT2D eigenvalue weighted by Crippen LogP contribution is 2.19. The quantitative estimate of drug-likeness (QED) is 0.731. The summed E-state index contributed by atoms with van der Waals surface area (Å²) in [5, 5.41) is 5.09. The van der Waals surface area contributed by atoms with Crippen molar-refractivity contribution in [2.45, 2.75) is 6.54 Å². The van der Waals surface area contributed by atoms with Gasteiger partial charge in [0.1, 0.15) is 9.52 Å². The van der Waals surface area contributed by atoms with Crippen LogP contribution in [0, 0.1) is 9.52 Å². The van der Waals surface area contributed by atoms with E-state index in [0.717, 1.165) is 0 Å². The Morgan fingerprint density at radius 2 is 2.12 bits per heavy atom. The van der Waals surface area contributed by atoms with Gasteiger partial charge >= 0.3 is 0 Å². The lowest BCUT2D eigenvalue weighted by Crippen LogP contribution is -2.02. The van der Waals surface area contributed by atoms with Crippen LogP contribution in [0.3, 0.4) is 0 Å². The molecular formula is C10H6Cl2FIN2. The fraction of sp³-hybridized carbons (Fsp3) is 0.100. The Morgan fingerprint density at radius 1 is 1.38 bits per heavy atom. The van der Waals surface area contributed by atoms with Crippen LogP contribution < -0.4 is 0 Å². The maximum atomic E-state index is 13.5. The summed E-state index contributed by atoms with van der Waals surface area (Å²) < 4.78 is 15.8. The normalized spacial score (nSPS) is 10.8. The molecule has 6 heteroatoms. The standard InChI is InChI=1S/C10H6Cl2FIN2/c11-7-2-1-6(9(13)3-7)4-16-5-8(12)10(14)15-16/h1-3,5H,4H2. The predicted octanol–water partition coefficient (Wildman–Crippen LogP) is 3.98. The fourth-order valence-electron chi connectivity index (χ4n) is 1.28. The minimum Gasteiger partial charge on any atom is -0.266 e. The van der Waals surface area contributed by atoms with Gasteiger partial charge in [-0.1, -0.05) is 29.3 Å². The lowest BCUT2D eigenvalue weighted by Gasteiger charge is -2.03. The first-order valence-corrected chi connectivity index (χ1v) is 6.22. The van der Waals surface area contributed by atoms with Crippen molar-refractivity contribution in [3.05, 3.63) is 49.5 Å². The van der Waals surface area contributed by atoms with Crippen LogP contribution in [0.4, 0.5) is 4.39 Å². The van der Waals surface area contributed by atoms with E-state index in [0.29, 0.717) is 25.9 Å². The zero-order valence-corrected chi connectivity index (χ0v) is 11.6. The summed E-state index contributed by atoms with van der Waals surface area (Å²) in [6, 6.07) is 4.57. The van der Waals surface area contributed by atoms with E-state index in [1.165, 1.54) is 6.07 Å². The highest BCUT2D eigenvalue weighted by atomic mass is 127. The monoisotopic (exact) mass is 370 g/mol. The Labute approximate surface area is 115 Å². The Balaban J connectivity index is 2.27. The lowest BCUT2D eigenvalue weighted by atomic mass is 10.2. The summed E-state index contributed by atoms with van der Waals surface area (Å²) in [7, 11) is 0. The molecule has 16 heavy (non-hydrogen) atoms. The molecule has 0 atom stereocenters. The molecular weight excluding hydrogens is 365 g/mol. The Kier molecular flexibility index (Phi) is 3.71. The first-order valence-electron chi connectivity index (χ1n) is 4.38. The molecule has 0 amide bonds. The minimum absolute atomic E-state index is 0.339. The Hall–Kier alpha value is -0.330. The predicted molar refractivity (Wildman–Crippen MR) is 70.5 cm³/mol. The largest absolute Gasteiger partial charge is 0.266 e. The highest BCUT2D eigenvalue weighted by molar-refractivity contribution is 14.1. The summed E-state index contributed by atoms with van der Waals surface area (Å²) in [5.74, 6) is -0.339. The number of hydrogen-bond acceptors (Lipinski definition) is 1. The molecule has 1 aromatic carbocycles. The molecule has 0 aliphatic carbocycles. The van der Waals surface area contributed by atoms with Gasteiger partial charge in [0.2, 0.25) is 0 Å². The van der Waals surface area contributed by atoms with Gasteiger partial charge in [-0.15, -0.1) is 0 Å². The van der Waals surface area contributed by atoms with Crippen molar-refractivity contribution in [2.75, 3.05) is 0 Å². The second kappa shape index (κ2) is 4.89. The van der Waals surface area contributed by atoms with E-state index in [1.807, 2.05) is 22.6 Å². The van der Waals surface area contributed by atoms with Gasteiger partial charge in [-0.3, -0.25) is 4.68 Å². The summed E-state index contributed by atoms with van der Waals surface area (Å²) >= 11 is 13.5. The molecule has 0 N–H and O–H groups in total. The zero-order chi connectivity index (χ0) is 11.7. The molecule has 2 aromatic rings. The van der Waals surface area contributed by atoms with Crippen LogP contribution in [-0.2, 0) is 6.54 Å². The molecule has 2 rings (SSSR count). The molecule has 0 radical (unpaired) electrons. The third-order valence-electron chi connectivity index (χ3n) is 2.02. The molecule has 0 unspecified atom stereocenters. The molecule has 0 saturated carbocycles. The first-order chi connectivity index (χ1) is 7.56. The molecule has 0 fully saturated rings. The molecule has 2 nitrogen and oxygen atoms in total. The molecule has 1 aromatic heterocycles. The lowest BCUT2D eigenvalue weighted by molar-refractivity contribution is 0.584. The van der Waals surface area contributed by atoms with Gasteiger partial charge in [0.05, 0.1) is 11.6 Å². The highest BCUT2D eigenvalue weighted by Gasteiger charge is 2.07. The van der Waals surface area contributed by atoms with Gasteiger partial charge < -0.3 is 0 Å². The molecule has 0 saturated heterocycles. The number of halogens is 4. The zero-order valence-electron chi connectivity index (χ0n) is 7.92. The van der Waals surface area contributed by atoms with E-state index in [2.05, 4.69) is 5.10 Å². The third-order valence-corrected chi connectivity index (χ3v) is 3.65. The molecule has 1 heterocycles. The smallest absolute Gasteiger partial charge is 0.141 e. The molecule has 0 aliphatic heterocycles. The number of aromatic nitrogens is 2. The maximum absolute atomic E-state index is 13.5. The van der Waals surface area contributed by atoms with E-state index < -0.39 is 0 Å². The third kappa shape index (κ3) is 2.67. The number of hydrogen-bond donors (Lipinski definition) is 0. The van der Waals surface area contributed by atoms with Crippen LogP contribution >= 0.6 is 45.8 Å². The minimum atomic E-state index is -0.339. The van der Waals surface area contributed by atoms with Crippen molar-refractivity contribution in [3.8, 4) is 0 Å². The molecule has 0 spiro atoms. The fourth-order valence-corrected chi connectivity index (χ4v) is 2.00. The van der Waals surface area contributed by atoms with E-state index >= 15 is 0 Å². The van der Waals surface area contributed by atoms with Gasteiger partial charge in [-0.05, 0) is 34.7 Å². The second-order valence-electron chi connectivity index (χ2n) is 3.20. The summed E-state index contributed by atoms with van der Waals surface area (Å²) in [4.78, 5) is 0. The average Bonchev–Trinajstić information content (AvgIpc) is 2.51. The van der Waals surface area contributed by atoms with Crippen LogP contribution in [0.15, 0.2) is 24.4 Å². The van der Waals surface area contributed by atoms with Crippen molar-refractivity contribution in [1.82, 2.24) is 9.78 Å². The van der Waals surface area contributed by atoms with E-state index in [1.54, 1.807) is 23.0 Å². The summed E-state index contributed by atoms with van der Waals surface area (Å²) in [6.07, 6.45) is 1.66. The van der Waals surface area contributed by atoms with E-state index in [9.17, 15) is 4.39 Å². The number of rotatable bonds is 2. The van der Waals surface area contributed by atoms with Crippen molar-refractivity contribution in [1.29, 1.82) is 0 Å². The Bertz CT molecular complexity index is 508. The number of nitrogens with zero attached hydrogens (tertiary/aromatic N) is 2. The van der Waals surface area contributed by atoms with Crippen molar-refractivity contribution < 1.29 is 4.39 Å². The van der Waals surface area contributed by atoms with Crippen LogP contribution in [-0.4, -0.2) is 9.78 Å². The van der Waals surface area contributed by atoms with Gasteiger partial charge in [0.15, 0.2) is 0 Å². The van der Waals surface area contributed by atoms with Crippen LogP contribution in [0.25, 0.3) is 0 Å². The van der Waals surface area contributed by atoms with Gasteiger partial charge in [0, 0.05) is 16.8 Å². The second-order valence-corrected chi connectivity index (χ2v) is 5.07. The van der Waals surface area contributed by atoms with Crippen molar-refractivity contribution >= 4 is 45.8 Å². The summed E-state index contributed by atoms with van der Waals surface area (Å²) in [6.45, 7) is 0.339. The molecule has 84 valence electrons. The maximum Gasteiger partial charge on any atom is 0.141 e.